The highest BCUT2D eigenvalue weighted by atomic mass is 35.5. The lowest BCUT2D eigenvalue weighted by Gasteiger charge is -2.23. The van der Waals surface area contributed by atoms with Crippen molar-refractivity contribution in [1.82, 2.24) is 5.32 Å². The second-order valence-electron chi connectivity index (χ2n) is 4.10. The first-order valence-electron chi connectivity index (χ1n) is 5.30. The summed E-state index contributed by atoms with van der Waals surface area (Å²) in [5, 5.41) is 3.21. The lowest BCUT2D eigenvalue weighted by Crippen LogP contribution is -2.38. The molecule has 1 atom stereocenters. The molecule has 0 saturated heterocycles. The molecular formula is C12H18ClN3. The first-order chi connectivity index (χ1) is 7.16. The molecule has 1 aromatic rings. The molecule has 1 aliphatic heterocycles. The van der Waals surface area contributed by atoms with E-state index in [0.717, 1.165) is 13.0 Å². The smallest absolute Gasteiger partial charge is 0.189 e. The fraction of sp³-hybridized carbons (Fsp3) is 0.417. The number of rotatable bonds is 1. The van der Waals surface area contributed by atoms with Crippen molar-refractivity contribution in [2.24, 2.45) is 10.7 Å². The van der Waals surface area contributed by atoms with Crippen molar-refractivity contribution >= 4 is 18.4 Å². The normalized spacial score (nSPS) is 19.4. The minimum atomic E-state index is 0. The first kappa shape index (κ1) is 12.8. The maximum absolute atomic E-state index is 5.67. The van der Waals surface area contributed by atoms with Crippen molar-refractivity contribution in [1.29, 1.82) is 0 Å². The number of nitrogens with two attached hydrogens (primary N) is 1. The Morgan fingerprint density at radius 3 is 2.69 bits per heavy atom. The average molecular weight is 240 g/mol. The van der Waals surface area contributed by atoms with Crippen LogP contribution in [0.1, 0.15) is 29.2 Å². The Balaban J connectivity index is 0.00000128. The van der Waals surface area contributed by atoms with Crippen molar-refractivity contribution in [2.45, 2.75) is 26.3 Å². The number of nitrogens with one attached hydrogen (secondary N) is 1. The fourth-order valence-electron chi connectivity index (χ4n) is 1.84. The van der Waals surface area contributed by atoms with E-state index >= 15 is 0 Å². The minimum absolute atomic E-state index is 0. The highest BCUT2D eigenvalue weighted by Gasteiger charge is 2.15. The van der Waals surface area contributed by atoms with Crippen LogP contribution in [0.3, 0.4) is 0 Å². The third-order valence-electron chi connectivity index (χ3n) is 2.96. The summed E-state index contributed by atoms with van der Waals surface area (Å²) >= 11 is 0. The van der Waals surface area contributed by atoms with Gasteiger partial charge < -0.3 is 11.1 Å². The van der Waals surface area contributed by atoms with Crippen LogP contribution in [0.15, 0.2) is 23.2 Å². The molecule has 0 radical (unpaired) electrons. The largest absolute Gasteiger partial charge is 0.370 e. The zero-order chi connectivity index (χ0) is 10.8. The summed E-state index contributed by atoms with van der Waals surface area (Å²) in [5.74, 6) is 0.560. The maximum atomic E-state index is 5.67. The molecule has 1 unspecified atom stereocenters. The van der Waals surface area contributed by atoms with E-state index in [9.17, 15) is 0 Å². The summed E-state index contributed by atoms with van der Waals surface area (Å²) in [6.07, 6.45) is 1.02. The van der Waals surface area contributed by atoms with Crippen LogP contribution in [-0.2, 0) is 0 Å². The Labute approximate surface area is 103 Å². The predicted octanol–water partition coefficient (Wildman–Crippen LogP) is 2.07. The van der Waals surface area contributed by atoms with Crippen LogP contribution in [0.2, 0.25) is 0 Å². The van der Waals surface area contributed by atoms with Gasteiger partial charge in [0.25, 0.3) is 0 Å². The third kappa shape index (κ3) is 2.67. The number of nitrogens with zero attached hydrogens (tertiary/aromatic N) is 1. The topological polar surface area (TPSA) is 50.4 Å². The molecule has 0 aromatic heterocycles. The number of aryl methyl sites for hydroxylation is 2. The summed E-state index contributed by atoms with van der Waals surface area (Å²) < 4.78 is 0. The zero-order valence-electron chi connectivity index (χ0n) is 9.66. The maximum Gasteiger partial charge on any atom is 0.189 e. The molecule has 0 fully saturated rings. The number of hydrogen-bond donors (Lipinski definition) is 2. The van der Waals surface area contributed by atoms with E-state index in [-0.39, 0.29) is 12.4 Å². The van der Waals surface area contributed by atoms with E-state index in [2.05, 4.69) is 42.4 Å². The number of guanidine groups is 1. The van der Waals surface area contributed by atoms with E-state index < -0.39 is 0 Å². The van der Waals surface area contributed by atoms with Crippen LogP contribution >= 0.6 is 12.4 Å². The Morgan fingerprint density at radius 1 is 1.31 bits per heavy atom. The number of halogens is 1. The van der Waals surface area contributed by atoms with Gasteiger partial charge in [-0.05, 0) is 37.0 Å². The van der Waals surface area contributed by atoms with Gasteiger partial charge in [-0.15, -0.1) is 12.4 Å². The van der Waals surface area contributed by atoms with E-state index in [1.807, 2.05) is 0 Å². The summed E-state index contributed by atoms with van der Waals surface area (Å²) in [6, 6.07) is 6.88. The van der Waals surface area contributed by atoms with Gasteiger partial charge in [0.1, 0.15) is 0 Å². The summed E-state index contributed by atoms with van der Waals surface area (Å²) in [4.78, 5) is 4.13. The number of benzene rings is 1. The van der Waals surface area contributed by atoms with Gasteiger partial charge in [0.2, 0.25) is 0 Å². The summed E-state index contributed by atoms with van der Waals surface area (Å²) in [6.45, 7) is 5.08. The van der Waals surface area contributed by atoms with Crippen LogP contribution in [0.4, 0.5) is 0 Å². The molecule has 16 heavy (non-hydrogen) atoms. The van der Waals surface area contributed by atoms with Crippen LogP contribution in [0, 0.1) is 13.8 Å². The number of aliphatic imine (C=N–C) groups is 1. The molecule has 0 spiro atoms. The second-order valence-corrected chi connectivity index (χ2v) is 4.10. The Bertz CT molecular complexity index is 401. The standard InChI is InChI=1S/C12H17N3.ClH/c1-8-3-4-10(7-9(8)2)11-5-6-14-12(13)15-11;/h3-4,7,11H,5-6H2,1-2H3,(H3,13,14,15);1H. The molecule has 0 amide bonds. The Kier molecular flexibility index (Phi) is 4.19. The van der Waals surface area contributed by atoms with Crippen molar-refractivity contribution in [3.63, 3.8) is 0 Å². The monoisotopic (exact) mass is 239 g/mol. The average Bonchev–Trinajstić information content (AvgIpc) is 2.22. The van der Waals surface area contributed by atoms with Crippen molar-refractivity contribution in [2.75, 3.05) is 6.54 Å². The van der Waals surface area contributed by atoms with Crippen LogP contribution in [-0.4, -0.2) is 12.5 Å². The van der Waals surface area contributed by atoms with Gasteiger partial charge >= 0.3 is 0 Å². The van der Waals surface area contributed by atoms with Crippen LogP contribution in [0.5, 0.6) is 0 Å². The summed E-state index contributed by atoms with van der Waals surface area (Å²) in [7, 11) is 0. The molecule has 2 rings (SSSR count). The number of hydrogen-bond acceptors (Lipinski definition) is 3. The lowest BCUT2D eigenvalue weighted by molar-refractivity contribution is 0.568. The molecule has 88 valence electrons. The van der Waals surface area contributed by atoms with Gasteiger partial charge in [0, 0.05) is 6.54 Å². The van der Waals surface area contributed by atoms with Crippen molar-refractivity contribution in [3.05, 3.63) is 34.9 Å². The Morgan fingerprint density at radius 2 is 2.06 bits per heavy atom. The van der Waals surface area contributed by atoms with Gasteiger partial charge in [-0.25, -0.2) is 0 Å². The molecule has 0 saturated carbocycles. The van der Waals surface area contributed by atoms with E-state index in [1.54, 1.807) is 0 Å². The first-order valence-corrected chi connectivity index (χ1v) is 5.30. The van der Waals surface area contributed by atoms with Gasteiger partial charge in [-0.1, -0.05) is 18.2 Å². The van der Waals surface area contributed by atoms with Gasteiger partial charge in [-0.2, -0.15) is 0 Å². The molecule has 0 aliphatic carbocycles. The molecule has 0 bridgehead atoms. The van der Waals surface area contributed by atoms with Gasteiger partial charge in [0.05, 0.1) is 6.04 Å². The molecule has 3 nitrogen and oxygen atoms in total. The van der Waals surface area contributed by atoms with Gasteiger partial charge in [0.15, 0.2) is 5.96 Å². The van der Waals surface area contributed by atoms with Crippen molar-refractivity contribution in [3.8, 4) is 0 Å². The molecule has 1 aliphatic rings. The molecular weight excluding hydrogens is 222 g/mol. The highest BCUT2D eigenvalue weighted by Crippen LogP contribution is 2.21. The SMILES string of the molecule is Cc1ccc(C2CCN=C(N)N2)cc1C.Cl. The fourth-order valence-corrected chi connectivity index (χ4v) is 1.84. The van der Waals surface area contributed by atoms with Crippen LogP contribution in [0.25, 0.3) is 0 Å². The molecule has 4 heteroatoms. The third-order valence-corrected chi connectivity index (χ3v) is 2.96. The molecule has 3 N–H and O–H groups in total. The minimum Gasteiger partial charge on any atom is -0.370 e. The quantitative estimate of drug-likeness (QED) is 0.789. The van der Waals surface area contributed by atoms with Gasteiger partial charge in [-0.3, -0.25) is 4.99 Å². The van der Waals surface area contributed by atoms with E-state index in [4.69, 9.17) is 5.73 Å². The lowest BCUT2D eigenvalue weighted by atomic mass is 9.98. The van der Waals surface area contributed by atoms with E-state index in [1.165, 1.54) is 16.7 Å². The zero-order valence-corrected chi connectivity index (χ0v) is 10.5. The summed E-state index contributed by atoms with van der Waals surface area (Å²) in [5.41, 5.74) is 9.63. The predicted molar refractivity (Wildman–Crippen MR) is 70.1 cm³/mol. The highest BCUT2D eigenvalue weighted by molar-refractivity contribution is 5.85. The second kappa shape index (κ2) is 5.21. The van der Waals surface area contributed by atoms with E-state index in [0.29, 0.717) is 12.0 Å². The van der Waals surface area contributed by atoms with Crippen molar-refractivity contribution < 1.29 is 0 Å². The molecule has 1 heterocycles. The Hall–Kier alpha value is -1.22. The molecule has 1 aromatic carbocycles. The van der Waals surface area contributed by atoms with Crippen LogP contribution < -0.4 is 11.1 Å².